The van der Waals surface area contributed by atoms with Crippen LogP contribution in [0.2, 0.25) is 5.02 Å². The molecule has 2 aliphatic heterocycles. The van der Waals surface area contributed by atoms with Crippen LogP contribution in [0.5, 0.6) is 0 Å². The van der Waals surface area contributed by atoms with Crippen LogP contribution in [0.15, 0.2) is 29.3 Å². The Hall–Kier alpha value is -3.44. The summed E-state index contributed by atoms with van der Waals surface area (Å²) in [4.78, 5) is 37.0. The lowest BCUT2D eigenvalue weighted by atomic mass is 10.1. The Morgan fingerprint density at radius 3 is 2.90 bits per heavy atom. The van der Waals surface area contributed by atoms with E-state index in [0.717, 1.165) is 10.6 Å². The molecule has 0 aliphatic carbocycles. The molecule has 4 aromatic rings. The Morgan fingerprint density at radius 2 is 2.10 bits per heavy atom. The molecule has 5 heterocycles. The van der Waals surface area contributed by atoms with Crippen LogP contribution < -0.4 is 10.6 Å². The van der Waals surface area contributed by atoms with E-state index >= 15 is 0 Å². The van der Waals surface area contributed by atoms with Gasteiger partial charge in [0.15, 0.2) is 10.8 Å². The molecule has 2 unspecified atom stereocenters. The maximum Gasteiger partial charge on any atom is 0.283 e. The van der Waals surface area contributed by atoms with Gasteiger partial charge in [-0.25, -0.2) is 18.5 Å². The van der Waals surface area contributed by atoms with Crippen LogP contribution in [0.4, 0.5) is 0 Å². The summed E-state index contributed by atoms with van der Waals surface area (Å²) >= 11 is 7.37. The number of benzene rings is 1. The molecular weight excluding hydrogens is 580 g/mol. The zero-order valence-corrected chi connectivity index (χ0v) is 23.6. The highest BCUT2D eigenvalue weighted by Crippen LogP contribution is 2.28. The van der Waals surface area contributed by atoms with Crippen molar-refractivity contribution in [1.82, 2.24) is 50.4 Å². The SMILES string of the molecule is CC1Cc2nc(C(=O)N3CCN(S(=O)(=O)c4cc5cc(Cl)ccc5[nH]4)CC3C(=O)NCc3nnn[nH]3)sc2CN1. The molecule has 1 aromatic carbocycles. The number of sulfonamides is 1. The van der Waals surface area contributed by atoms with E-state index in [1.807, 2.05) is 0 Å². The van der Waals surface area contributed by atoms with Crippen LogP contribution in [-0.4, -0.2) is 91.7 Å². The van der Waals surface area contributed by atoms with Gasteiger partial charge in [-0.05, 0) is 41.6 Å². The van der Waals surface area contributed by atoms with Crippen LogP contribution in [-0.2, 0) is 34.3 Å². The van der Waals surface area contributed by atoms with Gasteiger partial charge in [0.1, 0.15) is 11.1 Å². The average molecular weight is 605 g/mol. The maximum atomic E-state index is 13.7. The van der Waals surface area contributed by atoms with Crippen LogP contribution >= 0.6 is 22.9 Å². The number of aromatic nitrogens is 6. The Morgan fingerprint density at radius 1 is 1.25 bits per heavy atom. The summed E-state index contributed by atoms with van der Waals surface area (Å²) in [6.45, 7) is 2.42. The summed E-state index contributed by atoms with van der Waals surface area (Å²) in [6.07, 6.45) is 0.704. The van der Waals surface area contributed by atoms with Crippen LogP contribution in [0.3, 0.4) is 0 Å². The number of tetrazole rings is 1. The predicted octanol–water partition coefficient (Wildman–Crippen LogP) is 0.657. The van der Waals surface area contributed by atoms with Crippen LogP contribution in [0, 0.1) is 0 Å². The quantitative estimate of drug-likeness (QED) is 0.246. The second kappa shape index (κ2) is 10.5. The lowest BCUT2D eigenvalue weighted by molar-refractivity contribution is -0.127. The Kier molecular flexibility index (Phi) is 7.03. The second-order valence-electron chi connectivity index (χ2n) is 9.68. The first-order valence-corrected chi connectivity index (χ1v) is 15.1. The highest BCUT2D eigenvalue weighted by molar-refractivity contribution is 7.89. The zero-order valence-electron chi connectivity index (χ0n) is 21.2. The number of hydrogen-bond donors (Lipinski definition) is 4. The number of nitrogens with one attached hydrogen (secondary N) is 4. The molecular formula is C23H25ClN10O4S2. The van der Waals surface area contributed by atoms with Gasteiger partial charge in [0.25, 0.3) is 15.9 Å². The van der Waals surface area contributed by atoms with Gasteiger partial charge in [-0.1, -0.05) is 11.6 Å². The highest BCUT2D eigenvalue weighted by Gasteiger charge is 2.41. The summed E-state index contributed by atoms with van der Waals surface area (Å²) in [5.74, 6) is -0.631. The summed E-state index contributed by atoms with van der Waals surface area (Å²) < 4.78 is 28.5. The number of nitrogens with zero attached hydrogens (tertiary/aromatic N) is 6. The minimum atomic E-state index is -4.03. The van der Waals surface area contributed by atoms with Crippen molar-refractivity contribution in [2.24, 2.45) is 0 Å². The lowest BCUT2D eigenvalue weighted by Gasteiger charge is -2.39. The smallest absolute Gasteiger partial charge is 0.283 e. The third-order valence-electron chi connectivity index (χ3n) is 6.97. The van der Waals surface area contributed by atoms with Gasteiger partial charge in [-0.15, -0.1) is 16.4 Å². The van der Waals surface area contributed by atoms with Crippen molar-refractivity contribution in [2.75, 3.05) is 19.6 Å². The molecule has 0 spiro atoms. The molecule has 40 heavy (non-hydrogen) atoms. The molecule has 210 valence electrons. The average Bonchev–Trinajstić information content (AvgIpc) is 3.70. The van der Waals surface area contributed by atoms with Crippen LogP contribution in [0.25, 0.3) is 10.9 Å². The van der Waals surface area contributed by atoms with Crippen molar-refractivity contribution in [3.63, 3.8) is 0 Å². The fraction of sp³-hybridized carbons (Fsp3) is 0.391. The molecule has 17 heteroatoms. The fourth-order valence-corrected chi connectivity index (χ4v) is 7.49. The molecule has 2 atom stereocenters. The van der Waals surface area contributed by atoms with Gasteiger partial charge in [0, 0.05) is 59.4 Å². The molecule has 1 fully saturated rings. The third kappa shape index (κ3) is 5.08. The first-order valence-electron chi connectivity index (χ1n) is 12.5. The van der Waals surface area contributed by atoms with Crippen molar-refractivity contribution in [1.29, 1.82) is 0 Å². The van der Waals surface area contributed by atoms with Crippen molar-refractivity contribution in [2.45, 2.75) is 43.5 Å². The normalized spacial score (nSPS) is 20.0. The number of halogens is 1. The minimum Gasteiger partial charge on any atom is -0.347 e. The Labute approximate surface area is 237 Å². The van der Waals surface area contributed by atoms with E-state index < -0.39 is 27.9 Å². The van der Waals surface area contributed by atoms with Gasteiger partial charge >= 0.3 is 0 Å². The molecule has 0 saturated carbocycles. The number of carbonyl (C=O) groups excluding carboxylic acids is 2. The van der Waals surface area contributed by atoms with Gasteiger partial charge in [0.05, 0.1) is 12.2 Å². The third-order valence-corrected chi connectivity index (χ3v) is 10.1. The number of piperazine rings is 1. The van der Waals surface area contributed by atoms with Gasteiger partial charge in [-0.3, -0.25) is 9.59 Å². The van der Waals surface area contributed by atoms with Crippen molar-refractivity contribution in [3.8, 4) is 0 Å². The van der Waals surface area contributed by atoms with Crippen molar-refractivity contribution >= 4 is 55.7 Å². The van der Waals surface area contributed by atoms with Crippen LogP contribution in [0.1, 0.15) is 33.1 Å². The number of thiazole rings is 1. The fourth-order valence-electron chi connectivity index (χ4n) is 4.87. The topological polar surface area (TPSA) is 182 Å². The molecule has 14 nitrogen and oxygen atoms in total. The zero-order chi connectivity index (χ0) is 28.0. The molecule has 3 aromatic heterocycles. The van der Waals surface area contributed by atoms with Gasteiger partial charge in [-0.2, -0.15) is 4.31 Å². The first kappa shape index (κ1) is 26.8. The van der Waals surface area contributed by atoms with E-state index in [1.165, 1.54) is 26.6 Å². The largest absolute Gasteiger partial charge is 0.347 e. The predicted molar refractivity (Wildman–Crippen MR) is 145 cm³/mol. The summed E-state index contributed by atoms with van der Waals surface area (Å²) in [7, 11) is -4.03. The van der Waals surface area contributed by atoms with E-state index in [4.69, 9.17) is 11.6 Å². The molecule has 2 amide bonds. The molecule has 1 saturated heterocycles. The van der Waals surface area contributed by atoms with E-state index in [1.54, 1.807) is 18.2 Å². The number of aromatic amines is 2. The first-order chi connectivity index (χ1) is 19.2. The molecule has 6 rings (SSSR count). The number of rotatable bonds is 6. The second-order valence-corrected chi connectivity index (χ2v) is 13.1. The number of carbonyl (C=O) groups is 2. The van der Waals surface area contributed by atoms with E-state index in [9.17, 15) is 18.0 Å². The molecule has 0 radical (unpaired) electrons. The Bertz CT molecular complexity index is 1690. The number of fused-ring (bicyclic) bond motifs is 2. The highest BCUT2D eigenvalue weighted by atomic mass is 35.5. The maximum absolute atomic E-state index is 13.7. The summed E-state index contributed by atoms with van der Waals surface area (Å²) in [6, 6.07) is 5.68. The van der Waals surface area contributed by atoms with Gasteiger partial charge < -0.3 is 20.5 Å². The van der Waals surface area contributed by atoms with Crippen molar-refractivity contribution in [3.05, 3.63) is 50.7 Å². The van der Waals surface area contributed by atoms with Gasteiger partial charge in [0.2, 0.25) is 5.91 Å². The van der Waals surface area contributed by atoms with E-state index in [-0.39, 0.29) is 42.3 Å². The summed E-state index contributed by atoms with van der Waals surface area (Å²) in [5, 5.41) is 20.7. The minimum absolute atomic E-state index is 0.00365. The number of amides is 2. The monoisotopic (exact) mass is 604 g/mol. The molecule has 4 N–H and O–H groups in total. The standard InChI is InChI=1S/C23H25ClN10O4S2/c1-12-6-16-18(9-25-12)39-22(28-16)23(36)34-5-4-33(11-17(34)21(35)26-10-19-29-31-32-30-19)40(37,38)20-8-13-7-14(24)2-3-15(13)27-20/h2-3,7-8,12,17,25,27H,4-6,9-11H2,1H3,(H,26,35)(H,29,30,31,32). The van der Waals surface area contributed by atoms with E-state index in [2.05, 4.69) is 48.1 Å². The lowest BCUT2D eigenvalue weighted by Crippen LogP contribution is -2.61. The number of hydrogen-bond acceptors (Lipinski definition) is 10. The molecule has 2 aliphatic rings. The van der Waals surface area contributed by atoms with E-state index in [0.29, 0.717) is 34.7 Å². The molecule has 0 bridgehead atoms. The number of H-pyrrole nitrogens is 2. The summed E-state index contributed by atoms with van der Waals surface area (Å²) in [5.41, 5.74) is 1.49. The van der Waals surface area contributed by atoms with Crippen molar-refractivity contribution < 1.29 is 18.0 Å². The Balaban J connectivity index is 1.27.